The van der Waals surface area contributed by atoms with Crippen LogP contribution in [0.15, 0.2) is 72.9 Å². The Morgan fingerprint density at radius 1 is 1.05 bits per heavy atom. The highest BCUT2D eigenvalue weighted by Gasteiger charge is 2.26. The molecule has 0 aliphatic carbocycles. The molecule has 2 heterocycles. The lowest BCUT2D eigenvalue weighted by molar-refractivity contribution is -0.117. The Bertz CT molecular complexity index is 1550. The van der Waals surface area contributed by atoms with E-state index in [2.05, 4.69) is 5.32 Å². The first kappa shape index (κ1) is 29.2. The first-order valence-electron chi connectivity index (χ1n) is 13.7. The summed E-state index contributed by atoms with van der Waals surface area (Å²) >= 11 is 6.10. The summed E-state index contributed by atoms with van der Waals surface area (Å²) in [6, 6.07) is 20.0. The van der Waals surface area contributed by atoms with Crippen LogP contribution in [0.3, 0.4) is 0 Å². The van der Waals surface area contributed by atoms with E-state index >= 15 is 0 Å². The molecule has 1 saturated heterocycles. The molecule has 0 spiro atoms. The molecule has 3 aromatic carbocycles. The van der Waals surface area contributed by atoms with E-state index in [0.29, 0.717) is 46.6 Å². The number of aromatic nitrogens is 2. The fourth-order valence-corrected chi connectivity index (χ4v) is 5.00. The van der Waals surface area contributed by atoms with E-state index in [9.17, 15) is 9.59 Å². The number of imidazole rings is 1. The molecule has 218 valence electrons. The SMILES string of the molecule is COc1ccc(-n2cc(-c3ccc(Cl)cc3)nc2NC(=O)CN(C[C@@H]2CCCO2)C(=O)c2ccc(C)cc2)cc1OC. The second-order valence-corrected chi connectivity index (χ2v) is 10.5. The Morgan fingerprint density at radius 3 is 2.45 bits per heavy atom. The van der Waals surface area contributed by atoms with Crippen molar-refractivity contribution >= 4 is 29.4 Å². The summed E-state index contributed by atoms with van der Waals surface area (Å²) in [5, 5.41) is 3.54. The van der Waals surface area contributed by atoms with E-state index in [1.54, 1.807) is 60.1 Å². The fraction of sp³-hybridized carbons (Fsp3) is 0.281. The summed E-state index contributed by atoms with van der Waals surface area (Å²) in [6.45, 7) is 2.77. The molecule has 1 fully saturated rings. The molecule has 2 amide bonds. The van der Waals surface area contributed by atoms with Crippen LogP contribution in [0.25, 0.3) is 16.9 Å². The molecule has 0 unspecified atom stereocenters. The minimum Gasteiger partial charge on any atom is -0.493 e. The second-order valence-electron chi connectivity index (χ2n) is 10.1. The monoisotopic (exact) mass is 588 g/mol. The first-order chi connectivity index (χ1) is 20.3. The van der Waals surface area contributed by atoms with Crippen molar-refractivity contribution < 1.29 is 23.8 Å². The average molecular weight is 589 g/mol. The summed E-state index contributed by atoms with van der Waals surface area (Å²) in [5.41, 5.74) is 3.71. The Hall–Kier alpha value is -4.34. The highest BCUT2D eigenvalue weighted by molar-refractivity contribution is 6.30. The van der Waals surface area contributed by atoms with Crippen LogP contribution in [0.2, 0.25) is 5.02 Å². The molecule has 1 atom stereocenters. The van der Waals surface area contributed by atoms with E-state index in [1.807, 2.05) is 43.5 Å². The van der Waals surface area contributed by atoms with Crippen molar-refractivity contribution in [1.29, 1.82) is 0 Å². The van der Waals surface area contributed by atoms with Crippen LogP contribution in [0.1, 0.15) is 28.8 Å². The van der Waals surface area contributed by atoms with Gasteiger partial charge in [-0.1, -0.05) is 41.4 Å². The van der Waals surface area contributed by atoms with Gasteiger partial charge in [0.1, 0.15) is 6.54 Å². The smallest absolute Gasteiger partial charge is 0.254 e. The van der Waals surface area contributed by atoms with Gasteiger partial charge in [-0.3, -0.25) is 19.5 Å². The molecular formula is C32H33ClN4O5. The van der Waals surface area contributed by atoms with Crippen LogP contribution in [-0.2, 0) is 9.53 Å². The molecule has 1 aliphatic heterocycles. The van der Waals surface area contributed by atoms with Gasteiger partial charge in [0.15, 0.2) is 11.5 Å². The molecule has 10 heteroatoms. The number of aryl methyl sites for hydroxylation is 1. The highest BCUT2D eigenvalue weighted by atomic mass is 35.5. The fourth-order valence-electron chi connectivity index (χ4n) is 4.87. The number of anilines is 1. The lowest BCUT2D eigenvalue weighted by atomic mass is 10.1. The van der Waals surface area contributed by atoms with Gasteiger partial charge in [0, 0.05) is 41.6 Å². The number of hydrogen-bond acceptors (Lipinski definition) is 6. The number of halogens is 1. The number of amides is 2. The third-order valence-corrected chi connectivity index (χ3v) is 7.36. The largest absolute Gasteiger partial charge is 0.493 e. The number of carbonyl (C=O) groups excluding carboxylic acids is 2. The summed E-state index contributed by atoms with van der Waals surface area (Å²) in [7, 11) is 3.13. The molecule has 0 radical (unpaired) electrons. The number of methoxy groups -OCH3 is 2. The Balaban J connectivity index is 1.44. The van der Waals surface area contributed by atoms with Crippen LogP contribution in [0.5, 0.6) is 11.5 Å². The van der Waals surface area contributed by atoms with Gasteiger partial charge < -0.3 is 19.1 Å². The van der Waals surface area contributed by atoms with Crippen LogP contribution in [0.4, 0.5) is 5.95 Å². The van der Waals surface area contributed by atoms with Crippen molar-refractivity contribution in [3.05, 3.63) is 89.1 Å². The van der Waals surface area contributed by atoms with Crippen LogP contribution in [-0.4, -0.2) is 66.3 Å². The zero-order valence-corrected chi connectivity index (χ0v) is 24.6. The predicted octanol–water partition coefficient (Wildman–Crippen LogP) is 5.78. The Kier molecular flexibility index (Phi) is 9.09. The molecule has 5 rings (SSSR count). The quantitative estimate of drug-likeness (QED) is 0.252. The van der Waals surface area contributed by atoms with Gasteiger partial charge in [-0.2, -0.15) is 0 Å². The van der Waals surface area contributed by atoms with Gasteiger partial charge in [-0.05, 0) is 56.2 Å². The highest BCUT2D eigenvalue weighted by Crippen LogP contribution is 2.32. The van der Waals surface area contributed by atoms with Gasteiger partial charge in [-0.25, -0.2) is 4.98 Å². The van der Waals surface area contributed by atoms with Crippen LogP contribution in [0, 0.1) is 6.92 Å². The Morgan fingerprint density at radius 2 is 1.79 bits per heavy atom. The predicted molar refractivity (Wildman–Crippen MR) is 162 cm³/mol. The molecule has 9 nitrogen and oxygen atoms in total. The lowest BCUT2D eigenvalue weighted by Gasteiger charge is -2.25. The maximum atomic E-state index is 13.5. The van der Waals surface area contributed by atoms with E-state index in [0.717, 1.165) is 24.0 Å². The van der Waals surface area contributed by atoms with E-state index in [-0.39, 0.29) is 30.4 Å². The lowest BCUT2D eigenvalue weighted by Crippen LogP contribution is -2.42. The number of benzene rings is 3. The van der Waals surface area contributed by atoms with Crippen molar-refractivity contribution in [3.63, 3.8) is 0 Å². The molecule has 1 N–H and O–H groups in total. The number of rotatable bonds is 10. The van der Waals surface area contributed by atoms with Crippen molar-refractivity contribution in [3.8, 4) is 28.4 Å². The third-order valence-electron chi connectivity index (χ3n) is 7.11. The molecule has 0 bridgehead atoms. The first-order valence-corrected chi connectivity index (χ1v) is 14.1. The number of carbonyl (C=O) groups is 2. The molecule has 0 saturated carbocycles. The summed E-state index contributed by atoms with van der Waals surface area (Å²) in [6.07, 6.45) is 3.48. The minimum absolute atomic E-state index is 0.113. The van der Waals surface area contributed by atoms with E-state index < -0.39 is 0 Å². The standard InChI is InChI=1S/C32H33ClN4O5/c1-21-6-8-23(9-7-21)31(39)36(18-26-5-4-16-42-26)20-30(38)35-32-34-27(22-10-12-24(33)13-11-22)19-37(32)25-14-15-28(40-2)29(17-25)41-3/h6-15,17,19,26H,4-5,16,18,20H2,1-3H3,(H,34,35,38)/t26-/m0/s1. The summed E-state index contributed by atoms with van der Waals surface area (Å²) in [5.74, 6) is 0.774. The Labute approximate surface area is 250 Å². The third kappa shape index (κ3) is 6.75. The van der Waals surface area contributed by atoms with E-state index in [4.69, 9.17) is 30.8 Å². The van der Waals surface area contributed by atoms with Crippen molar-refractivity contribution in [2.45, 2.75) is 25.9 Å². The number of nitrogens with zero attached hydrogens (tertiary/aromatic N) is 3. The van der Waals surface area contributed by atoms with Gasteiger partial charge in [0.05, 0.1) is 31.7 Å². The molecule has 1 aromatic heterocycles. The van der Waals surface area contributed by atoms with Gasteiger partial charge in [0.2, 0.25) is 11.9 Å². The maximum absolute atomic E-state index is 13.5. The number of ether oxygens (including phenoxy) is 3. The summed E-state index contributed by atoms with van der Waals surface area (Å²) in [4.78, 5) is 33.3. The molecule has 1 aliphatic rings. The van der Waals surface area contributed by atoms with Gasteiger partial charge >= 0.3 is 0 Å². The van der Waals surface area contributed by atoms with E-state index in [1.165, 1.54) is 0 Å². The number of nitrogens with one attached hydrogen (secondary N) is 1. The maximum Gasteiger partial charge on any atom is 0.254 e. The zero-order chi connectivity index (χ0) is 29.6. The normalized spacial score (nSPS) is 14.4. The van der Waals surface area contributed by atoms with Crippen molar-refractivity contribution in [1.82, 2.24) is 14.5 Å². The second kappa shape index (κ2) is 13.1. The van der Waals surface area contributed by atoms with Crippen LogP contribution >= 0.6 is 11.6 Å². The zero-order valence-electron chi connectivity index (χ0n) is 23.8. The average Bonchev–Trinajstić information content (AvgIpc) is 3.67. The van der Waals surface area contributed by atoms with Gasteiger partial charge in [0.25, 0.3) is 5.91 Å². The minimum atomic E-state index is -0.386. The topological polar surface area (TPSA) is 94.9 Å². The van der Waals surface area contributed by atoms with Crippen molar-refractivity contribution in [2.24, 2.45) is 0 Å². The molecule has 42 heavy (non-hydrogen) atoms. The summed E-state index contributed by atoms with van der Waals surface area (Å²) < 4.78 is 18.4. The molecular weight excluding hydrogens is 556 g/mol. The van der Waals surface area contributed by atoms with Gasteiger partial charge in [-0.15, -0.1) is 0 Å². The molecule has 4 aromatic rings. The number of hydrogen-bond donors (Lipinski definition) is 1. The van der Waals surface area contributed by atoms with Crippen LogP contribution < -0.4 is 14.8 Å². The van der Waals surface area contributed by atoms with Crippen molar-refractivity contribution in [2.75, 3.05) is 39.2 Å².